The second kappa shape index (κ2) is 25.3. The Morgan fingerprint density at radius 3 is 1.69 bits per heavy atom. The maximum Gasteiger partial charge on any atom is 0.408 e. The quantitative estimate of drug-likeness (QED) is 0.0401. The first-order valence-electron chi connectivity index (χ1n) is 22.0. The number of nitrogens with one attached hydrogen (secondary N) is 6. The zero-order valence-corrected chi connectivity index (χ0v) is 38.3. The molecule has 6 amide bonds. The van der Waals surface area contributed by atoms with Crippen molar-refractivity contribution in [3.8, 4) is 5.75 Å². The van der Waals surface area contributed by atoms with Crippen LogP contribution in [0.5, 0.6) is 5.75 Å². The van der Waals surface area contributed by atoms with Gasteiger partial charge in [-0.2, -0.15) is 12.6 Å². The summed E-state index contributed by atoms with van der Waals surface area (Å²) in [5.74, 6) is -3.38. The van der Waals surface area contributed by atoms with Crippen LogP contribution in [0.1, 0.15) is 34.7 Å². The zero-order valence-electron chi connectivity index (χ0n) is 37.4. The number of alkyl carbamates (subject to hydrolysis) is 1. The Kier molecular flexibility index (Phi) is 18.5. The summed E-state index contributed by atoms with van der Waals surface area (Å²) in [4.78, 5) is 84.7. The minimum atomic E-state index is -1.42. The predicted octanol–water partition coefficient (Wildman–Crippen LogP) is 4.42. The number of ether oxygens (including phenoxy) is 3. The van der Waals surface area contributed by atoms with E-state index in [9.17, 15) is 28.8 Å². The lowest BCUT2D eigenvalue weighted by Crippen LogP contribution is -2.60. The summed E-state index contributed by atoms with van der Waals surface area (Å²) < 4.78 is 17.3. The molecule has 8 N–H and O–H groups in total. The number of hydrogen-bond acceptors (Lipinski definition) is 10. The number of carbonyl (C=O) groups is 6. The first kappa shape index (κ1) is 49.8. The summed E-state index contributed by atoms with van der Waals surface area (Å²) in [6.07, 6.45) is 0.777. The Bertz CT molecular complexity index is 2600. The molecule has 0 bridgehead atoms. The molecule has 0 aliphatic heterocycles. The summed E-state index contributed by atoms with van der Waals surface area (Å²) >= 11 is 4.31. The van der Waals surface area contributed by atoms with E-state index in [4.69, 9.17) is 19.9 Å². The lowest BCUT2D eigenvalue weighted by Gasteiger charge is -2.27. The molecule has 1 heterocycles. The fraction of sp³-hybridized carbons (Fsp3) is 0.255. The van der Waals surface area contributed by atoms with Crippen LogP contribution in [0.15, 0.2) is 146 Å². The highest BCUT2D eigenvalue weighted by Gasteiger charge is 2.33. The van der Waals surface area contributed by atoms with Crippen molar-refractivity contribution >= 4 is 59.2 Å². The van der Waals surface area contributed by atoms with Gasteiger partial charge >= 0.3 is 6.09 Å². The minimum Gasteiger partial charge on any atom is -0.489 e. The number of primary amides is 1. The number of fused-ring (bicyclic) bond motifs is 1. The highest BCUT2D eigenvalue weighted by Crippen LogP contribution is 2.20. The summed E-state index contributed by atoms with van der Waals surface area (Å²) in [7, 11) is 0. The van der Waals surface area contributed by atoms with Gasteiger partial charge in [-0.05, 0) is 52.9 Å². The lowest BCUT2D eigenvalue weighted by atomic mass is 10.0. The number of hydrogen-bond donors (Lipinski definition) is 8. The molecule has 354 valence electrons. The minimum absolute atomic E-state index is 0.00571. The molecule has 6 aromatic rings. The number of nitrogens with two attached hydrogens (primary N) is 1. The van der Waals surface area contributed by atoms with Gasteiger partial charge in [0.2, 0.25) is 29.5 Å². The molecule has 0 aliphatic carbocycles. The molecule has 68 heavy (non-hydrogen) atoms. The number of aromatic nitrogens is 1. The van der Waals surface area contributed by atoms with Gasteiger partial charge in [0.15, 0.2) is 0 Å². The number of rotatable bonds is 24. The van der Waals surface area contributed by atoms with E-state index in [2.05, 4.69) is 44.2 Å². The van der Waals surface area contributed by atoms with Crippen LogP contribution < -0.4 is 37.1 Å². The number of para-hydroxylation sites is 1. The van der Waals surface area contributed by atoms with Gasteiger partial charge < -0.3 is 51.5 Å². The largest absolute Gasteiger partial charge is 0.489 e. The number of thiol groups is 1. The van der Waals surface area contributed by atoms with Gasteiger partial charge in [0.1, 0.15) is 49.2 Å². The standard InChI is InChI=1S/C51H55N7O9S/c1-33(46(52)59)54-47(60)43(26-38-27-53-41-20-12-11-19-40(38)41)56-49(62)44(31-65-28-35-13-5-2-6-14-35)57-48(61)42(25-34-21-23-39(24-22-34)66-29-36-15-7-3-8-16-36)55-50(63)45(32-68)58-51(64)67-30-37-17-9-4-10-18-37/h2-24,27,33,42-45,53,68H,25-26,28-32H2,1H3,(H2,52,59)(H,54,60)(H,55,63)(H,56,62)(H,57,61)(H,58,64)/t33-,42+,43+,44+,45+/m1/s1. The first-order valence-corrected chi connectivity index (χ1v) is 22.6. The lowest BCUT2D eigenvalue weighted by molar-refractivity contribution is -0.135. The number of aromatic amines is 1. The smallest absolute Gasteiger partial charge is 0.408 e. The summed E-state index contributed by atoms with van der Waals surface area (Å²) in [5.41, 5.74) is 10.1. The topological polar surface area (TPSA) is 232 Å². The number of amides is 6. The van der Waals surface area contributed by atoms with Crippen molar-refractivity contribution < 1.29 is 43.0 Å². The van der Waals surface area contributed by atoms with E-state index in [-0.39, 0.29) is 38.4 Å². The van der Waals surface area contributed by atoms with Crippen LogP contribution in [0.25, 0.3) is 10.9 Å². The molecule has 0 fully saturated rings. The molecule has 16 nitrogen and oxygen atoms in total. The molecule has 6 rings (SSSR count). The number of carbonyl (C=O) groups excluding carboxylic acids is 6. The average molecular weight is 942 g/mol. The predicted molar refractivity (Wildman–Crippen MR) is 259 cm³/mol. The molecule has 0 radical (unpaired) electrons. The first-order chi connectivity index (χ1) is 32.9. The van der Waals surface area contributed by atoms with Crippen molar-refractivity contribution in [3.63, 3.8) is 0 Å². The van der Waals surface area contributed by atoms with Crippen LogP contribution in [-0.2, 0) is 66.1 Å². The number of benzene rings is 5. The van der Waals surface area contributed by atoms with Crippen molar-refractivity contribution in [2.45, 2.75) is 69.8 Å². The molecule has 0 saturated heterocycles. The highest BCUT2D eigenvalue weighted by molar-refractivity contribution is 7.80. The van der Waals surface area contributed by atoms with Crippen molar-refractivity contribution in [1.29, 1.82) is 0 Å². The zero-order chi connectivity index (χ0) is 48.3. The van der Waals surface area contributed by atoms with Gasteiger partial charge in [-0.15, -0.1) is 0 Å². The van der Waals surface area contributed by atoms with Crippen LogP contribution in [0, 0.1) is 0 Å². The second-order valence-corrected chi connectivity index (χ2v) is 16.3. The Hall–Kier alpha value is -7.63. The molecule has 0 spiro atoms. The van der Waals surface area contributed by atoms with E-state index >= 15 is 0 Å². The van der Waals surface area contributed by atoms with Crippen LogP contribution in [-0.4, -0.2) is 83.2 Å². The van der Waals surface area contributed by atoms with Gasteiger partial charge in [0.05, 0.1) is 13.2 Å². The third-order valence-corrected chi connectivity index (χ3v) is 11.2. The summed E-state index contributed by atoms with van der Waals surface area (Å²) in [6, 6.07) is 35.9. The average Bonchev–Trinajstić information content (AvgIpc) is 3.77. The van der Waals surface area contributed by atoms with Gasteiger partial charge in [0.25, 0.3) is 0 Å². The Labute approximate surface area is 399 Å². The van der Waals surface area contributed by atoms with E-state index in [0.717, 1.165) is 27.6 Å². The van der Waals surface area contributed by atoms with Crippen molar-refractivity contribution in [3.05, 3.63) is 174 Å². The Morgan fingerprint density at radius 1 is 0.559 bits per heavy atom. The fourth-order valence-electron chi connectivity index (χ4n) is 6.99. The van der Waals surface area contributed by atoms with Crippen molar-refractivity contribution in [1.82, 2.24) is 31.6 Å². The van der Waals surface area contributed by atoms with Crippen LogP contribution in [0.4, 0.5) is 4.79 Å². The van der Waals surface area contributed by atoms with Crippen LogP contribution in [0.3, 0.4) is 0 Å². The van der Waals surface area contributed by atoms with Crippen molar-refractivity contribution in [2.75, 3.05) is 12.4 Å². The number of H-pyrrole nitrogens is 1. The molecule has 0 aliphatic rings. The molecule has 0 saturated carbocycles. The van der Waals surface area contributed by atoms with E-state index in [1.807, 2.05) is 91.0 Å². The molecular weight excluding hydrogens is 887 g/mol. The Balaban J connectivity index is 1.23. The van der Waals surface area contributed by atoms with Gasteiger partial charge in [-0.3, -0.25) is 24.0 Å². The third-order valence-electron chi connectivity index (χ3n) is 10.8. The Morgan fingerprint density at radius 2 is 1.07 bits per heavy atom. The molecule has 17 heteroatoms. The molecule has 5 atom stereocenters. The van der Waals surface area contributed by atoms with E-state index in [1.54, 1.807) is 54.7 Å². The van der Waals surface area contributed by atoms with Gasteiger partial charge in [-0.1, -0.05) is 121 Å². The van der Waals surface area contributed by atoms with Crippen LogP contribution >= 0.6 is 12.6 Å². The van der Waals surface area contributed by atoms with E-state index in [0.29, 0.717) is 23.5 Å². The van der Waals surface area contributed by atoms with Gasteiger partial charge in [-0.25, -0.2) is 4.79 Å². The molecule has 1 aromatic heterocycles. The normalized spacial score (nSPS) is 13.1. The molecular formula is C51H55N7O9S. The maximum absolute atomic E-state index is 14.5. The van der Waals surface area contributed by atoms with Crippen molar-refractivity contribution in [2.24, 2.45) is 5.73 Å². The third kappa shape index (κ3) is 15.2. The highest BCUT2D eigenvalue weighted by atomic mass is 32.1. The van der Waals surface area contributed by atoms with Crippen LogP contribution in [0.2, 0.25) is 0 Å². The fourth-order valence-corrected chi connectivity index (χ4v) is 7.25. The second-order valence-electron chi connectivity index (χ2n) is 15.9. The SMILES string of the molecule is C[C@@H](NC(=O)[C@H](Cc1c[nH]c2ccccc12)NC(=O)[C@H](COCc1ccccc1)NC(=O)[C@H](Cc1ccc(OCc2ccccc2)cc1)NC(=O)[C@H](CS)NC(=O)OCc1ccccc1)C(N)=O. The van der Waals surface area contributed by atoms with E-state index < -0.39 is 65.8 Å². The molecule has 0 unspecified atom stereocenters. The van der Waals surface area contributed by atoms with Gasteiger partial charge in [0, 0.05) is 35.7 Å². The monoisotopic (exact) mass is 941 g/mol. The molecule has 5 aromatic carbocycles. The summed E-state index contributed by atoms with van der Waals surface area (Å²) in [5, 5.41) is 14.1. The maximum atomic E-state index is 14.5. The summed E-state index contributed by atoms with van der Waals surface area (Å²) in [6.45, 7) is 1.43. The van der Waals surface area contributed by atoms with E-state index in [1.165, 1.54) is 6.92 Å².